The van der Waals surface area contributed by atoms with Gasteiger partial charge in [-0.25, -0.2) is 4.98 Å². The van der Waals surface area contributed by atoms with Crippen LogP contribution in [0, 0.1) is 10.1 Å². The lowest BCUT2D eigenvalue weighted by Crippen LogP contribution is -2.11. The summed E-state index contributed by atoms with van der Waals surface area (Å²) >= 11 is 3.37. The summed E-state index contributed by atoms with van der Waals surface area (Å²) in [4.78, 5) is 21.9. The first-order valence-electron chi connectivity index (χ1n) is 9.57. The Kier molecular flexibility index (Phi) is 6.29. The number of anilines is 1. The molecule has 0 aliphatic rings. The fraction of sp³-hybridized carbons (Fsp3) is 0.130. The highest BCUT2D eigenvalue weighted by molar-refractivity contribution is 8.00. The number of hydrogen-bond acceptors (Lipinski definition) is 7. The van der Waals surface area contributed by atoms with Gasteiger partial charge in [-0.2, -0.15) is 0 Å². The minimum absolute atomic E-state index is 0.0620. The molecule has 1 aromatic heterocycles. The number of aromatic nitrogens is 1. The summed E-state index contributed by atoms with van der Waals surface area (Å²) in [6, 6.07) is 21.3. The molecule has 0 saturated carbocycles. The Labute approximate surface area is 188 Å². The van der Waals surface area contributed by atoms with E-state index in [-0.39, 0.29) is 10.6 Å². The lowest BCUT2D eigenvalue weighted by molar-refractivity contribution is -0.384. The molecule has 6 nitrogen and oxygen atoms in total. The molecule has 3 aromatic carbocycles. The number of nitro groups is 1. The van der Waals surface area contributed by atoms with Gasteiger partial charge in [-0.3, -0.25) is 15.1 Å². The van der Waals surface area contributed by atoms with Crippen molar-refractivity contribution in [3.8, 4) is 0 Å². The molecule has 31 heavy (non-hydrogen) atoms. The maximum Gasteiger partial charge on any atom is 0.293 e. The van der Waals surface area contributed by atoms with Crippen LogP contribution in [0.2, 0.25) is 0 Å². The predicted octanol–water partition coefficient (Wildman–Crippen LogP) is 6.31. The fourth-order valence-corrected chi connectivity index (χ4v) is 5.11. The van der Waals surface area contributed by atoms with Gasteiger partial charge in [-0.05, 0) is 35.4 Å². The van der Waals surface area contributed by atoms with Crippen LogP contribution in [-0.4, -0.2) is 30.2 Å². The Morgan fingerprint density at radius 1 is 1.13 bits per heavy atom. The van der Waals surface area contributed by atoms with Crippen LogP contribution < -0.4 is 4.90 Å². The molecule has 0 radical (unpaired) electrons. The molecule has 0 aliphatic carbocycles. The molecular weight excluding hydrogens is 428 g/mol. The lowest BCUT2D eigenvalue weighted by atomic mass is 10.1. The Morgan fingerprint density at radius 2 is 1.94 bits per heavy atom. The van der Waals surface area contributed by atoms with Gasteiger partial charge in [0.25, 0.3) is 5.69 Å². The van der Waals surface area contributed by atoms with Crippen molar-refractivity contribution in [2.75, 3.05) is 19.0 Å². The molecule has 0 aliphatic heterocycles. The normalized spacial score (nSPS) is 11.3. The number of nitrogens with zero attached hydrogens (tertiary/aromatic N) is 4. The van der Waals surface area contributed by atoms with Crippen molar-refractivity contribution in [3.63, 3.8) is 0 Å². The average Bonchev–Trinajstić information content (AvgIpc) is 3.19. The number of fused-ring (bicyclic) bond motifs is 1. The summed E-state index contributed by atoms with van der Waals surface area (Å²) in [6.07, 6.45) is 1.65. The molecular formula is C23H20N4O2S2. The quantitative estimate of drug-likeness (QED) is 0.143. The highest BCUT2D eigenvalue weighted by atomic mass is 32.2. The van der Waals surface area contributed by atoms with Crippen LogP contribution in [0.25, 0.3) is 10.2 Å². The molecule has 1 heterocycles. The second kappa shape index (κ2) is 9.28. The highest BCUT2D eigenvalue weighted by Crippen LogP contribution is 2.33. The van der Waals surface area contributed by atoms with Gasteiger partial charge in [0.05, 0.1) is 20.8 Å². The largest absolute Gasteiger partial charge is 0.372 e. The van der Waals surface area contributed by atoms with E-state index in [9.17, 15) is 10.1 Å². The van der Waals surface area contributed by atoms with Crippen LogP contribution in [0.15, 0.2) is 76.1 Å². The molecule has 0 bridgehead atoms. The van der Waals surface area contributed by atoms with E-state index >= 15 is 0 Å². The zero-order valence-electron chi connectivity index (χ0n) is 17.1. The number of thioether (sulfide) groups is 1. The Bertz CT molecular complexity index is 1250. The number of benzene rings is 3. The van der Waals surface area contributed by atoms with E-state index in [2.05, 4.69) is 17.1 Å². The van der Waals surface area contributed by atoms with Gasteiger partial charge < -0.3 is 4.90 Å². The summed E-state index contributed by atoms with van der Waals surface area (Å²) < 4.78 is 2.09. The van der Waals surface area contributed by atoms with E-state index in [4.69, 9.17) is 4.98 Å². The third-order valence-corrected chi connectivity index (χ3v) is 6.83. The van der Waals surface area contributed by atoms with Gasteiger partial charge in [-0.1, -0.05) is 48.2 Å². The number of rotatable bonds is 7. The molecule has 4 aromatic rings. The van der Waals surface area contributed by atoms with Gasteiger partial charge in [0.15, 0.2) is 4.34 Å². The topological polar surface area (TPSA) is 71.6 Å². The van der Waals surface area contributed by atoms with Crippen molar-refractivity contribution in [2.45, 2.75) is 10.1 Å². The third kappa shape index (κ3) is 5.10. The Morgan fingerprint density at radius 3 is 2.68 bits per heavy atom. The first kappa shape index (κ1) is 21.0. The van der Waals surface area contributed by atoms with E-state index < -0.39 is 0 Å². The zero-order valence-corrected chi connectivity index (χ0v) is 18.7. The van der Waals surface area contributed by atoms with Crippen LogP contribution in [0.4, 0.5) is 17.1 Å². The van der Waals surface area contributed by atoms with E-state index in [0.29, 0.717) is 11.3 Å². The van der Waals surface area contributed by atoms with Crippen LogP contribution in [-0.2, 0) is 5.75 Å². The summed E-state index contributed by atoms with van der Waals surface area (Å²) in [5.41, 5.74) is 4.31. The maximum atomic E-state index is 11.4. The van der Waals surface area contributed by atoms with Crippen molar-refractivity contribution in [3.05, 3.63) is 88.0 Å². The second-order valence-corrected chi connectivity index (χ2v) is 9.32. The number of hydrogen-bond donors (Lipinski definition) is 0. The van der Waals surface area contributed by atoms with Crippen molar-refractivity contribution in [2.24, 2.45) is 4.99 Å². The molecule has 0 amide bonds. The molecule has 0 atom stereocenters. The lowest BCUT2D eigenvalue weighted by Gasteiger charge is -2.12. The summed E-state index contributed by atoms with van der Waals surface area (Å²) in [5.74, 6) is 0.882. The van der Waals surface area contributed by atoms with Crippen molar-refractivity contribution in [1.29, 1.82) is 0 Å². The monoisotopic (exact) mass is 448 g/mol. The van der Waals surface area contributed by atoms with E-state index in [1.807, 2.05) is 42.5 Å². The summed E-state index contributed by atoms with van der Waals surface area (Å²) in [6.45, 7) is 0. The standard InChI is InChI=1S/C23H20N4O2S2/c1-26(2)20-11-8-17(12-21(20)27(28)29)14-24-18-9-10-19-22(13-18)31-23(25-19)30-15-16-6-4-3-5-7-16/h3-14H,15H2,1-2H3. The van der Waals surface area contributed by atoms with E-state index in [0.717, 1.165) is 26.0 Å². The second-order valence-electron chi connectivity index (χ2n) is 7.06. The number of thiazole rings is 1. The highest BCUT2D eigenvalue weighted by Gasteiger charge is 2.15. The zero-order chi connectivity index (χ0) is 21.8. The average molecular weight is 449 g/mol. The molecule has 0 unspecified atom stereocenters. The first-order valence-corrected chi connectivity index (χ1v) is 11.4. The van der Waals surface area contributed by atoms with Crippen LogP contribution >= 0.6 is 23.1 Å². The maximum absolute atomic E-state index is 11.4. The minimum Gasteiger partial charge on any atom is -0.372 e. The molecule has 0 N–H and O–H groups in total. The van der Waals surface area contributed by atoms with Crippen molar-refractivity contribution < 1.29 is 4.92 Å². The van der Waals surface area contributed by atoms with Crippen LogP contribution in [0.3, 0.4) is 0 Å². The number of nitro benzene ring substituents is 1. The molecule has 0 spiro atoms. The van der Waals surface area contributed by atoms with Gasteiger partial charge >= 0.3 is 0 Å². The van der Waals surface area contributed by atoms with Gasteiger partial charge in [0, 0.05) is 32.1 Å². The third-order valence-electron chi connectivity index (χ3n) is 4.60. The molecule has 8 heteroatoms. The minimum atomic E-state index is -0.370. The van der Waals surface area contributed by atoms with Crippen molar-refractivity contribution in [1.82, 2.24) is 4.98 Å². The van der Waals surface area contributed by atoms with E-state index in [1.165, 1.54) is 5.56 Å². The SMILES string of the molecule is CN(C)c1ccc(C=Nc2ccc3nc(SCc4ccccc4)sc3c2)cc1[N+](=O)[O-]. The van der Waals surface area contributed by atoms with Gasteiger partial charge in [0.2, 0.25) is 0 Å². The molecule has 4 rings (SSSR count). The molecule has 0 saturated heterocycles. The fourth-order valence-electron chi connectivity index (χ4n) is 3.05. The predicted molar refractivity (Wildman–Crippen MR) is 130 cm³/mol. The Balaban J connectivity index is 1.51. The van der Waals surface area contributed by atoms with Crippen molar-refractivity contribution >= 4 is 56.6 Å². The van der Waals surface area contributed by atoms with Gasteiger partial charge in [0.1, 0.15) is 5.69 Å². The van der Waals surface area contributed by atoms with E-state index in [1.54, 1.807) is 60.4 Å². The Hall–Kier alpha value is -3.23. The van der Waals surface area contributed by atoms with Gasteiger partial charge in [-0.15, -0.1) is 11.3 Å². The van der Waals surface area contributed by atoms with Crippen LogP contribution in [0.5, 0.6) is 0 Å². The molecule has 156 valence electrons. The summed E-state index contributed by atoms with van der Waals surface area (Å²) in [5, 5.41) is 11.4. The summed E-state index contributed by atoms with van der Waals surface area (Å²) in [7, 11) is 3.57. The smallest absolute Gasteiger partial charge is 0.293 e. The van der Waals surface area contributed by atoms with Crippen LogP contribution in [0.1, 0.15) is 11.1 Å². The first-order chi connectivity index (χ1) is 15.0. The molecule has 0 fully saturated rings. The number of aliphatic imine (C=N–C) groups is 1.